The lowest BCUT2D eigenvalue weighted by Crippen LogP contribution is -1.99. The highest BCUT2D eigenvalue weighted by atomic mass is 79.9. The molecule has 0 atom stereocenters. The highest BCUT2D eigenvalue weighted by Gasteiger charge is 2.20. The summed E-state index contributed by atoms with van der Waals surface area (Å²) >= 11 is 3.74. The molecule has 7 aromatic carbocycles. The number of nitrogens with zero attached hydrogens (tertiary/aromatic N) is 1. The molecule has 0 saturated heterocycles. The first kappa shape index (κ1) is 21.7. The lowest BCUT2D eigenvalue weighted by atomic mass is 9.90. The van der Waals surface area contributed by atoms with Crippen LogP contribution >= 0.6 is 15.9 Å². The largest absolute Gasteiger partial charge is 0.308 e. The average molecular weight is 548 g/mol. The first-order chi connectivity index (χ1) is 18.8. The molecule has 0 aliphatic heterocycles. The van der Waals surface area contributed by atoms with Gasteiger partial charge in [-0.2, -0.15) is 0 Å². The number of hydrogen-bond donors (Lipinski definition) is 0. The van der Waals surface area contributed by atoms with Crippen LogP contribution in [0.1, 0.15) is 0 Å². The number of aromatic nitrogens is 1. The number of hydrogen-bond acceptors (Lipinski definition) is 0. The summed E-state index contributed by atoms with van der Waals surface area (Å²) in [6, 6.07) is 48.5. The summed E-state index contributed by atoms with van der Waals surface area (Å²) in [5.74, 6) is 0. The molecule has 0 saturated carbocycles. The van der Waals surface area contributed by atoms with Gasteiger partial charge in [0, 0.05) is 26.0 Å². The van der Waals surface area contributed by atoms with Gasteiger partial charge in [-0.05, 0) is 63.0 Å². The average Bonchev–Trinajstić information content (AvgIpc) is 3.27. The third kappa shape index (κ3) is 3.11. The van der Waals surface area contributed by atoms with Gasteiger partial charge in [0.05, 0.1) is 16.7 Å². The van der Waals surface area contributed by atoms with Crippen LogP contribution in [-0.2, 0) is 0 Å². The van der Waals surface area contributed by atoms with Crippen molar-refractivity contribution in [3.05, 3.63) is 138 Å². The molecule has 178 valence electrons. The Morgan fingerprint density at radius 2 is 0.974 bits per heavy atom. The Bertz CT molecular complexity index is 2130. The Kier molecular flexibility index (Phi) is 4.74. The van der Waals surface area contributed by atoms with Crippen LogP contribution in [0.3, 0.4) is 0 Å². The molecule has 0 amide bonds. The number of halogens is 1. The van der Waals surface area contributed by atoms with Crippen LogP contribution in [0.25, 0.3) is 70.9 Å². The van der Waals surface area contributed by atoms with E-state index in [1.165, 1.54) is 70.9 Å². The summed E-state index contributed by atoms with van der Waals surface area (Å²) in [6.45, 7) is 0. The molecular weight excluding hydrogens is 526 g/mol. The molecule has 0 spiro atoms. The van der Waals surface area contributed by atoms with Crippen LogP contribution in [0, 0.1) is 0 Å². The Hall–Kier alpha value is -4.40. The zero-order valence-corrected chi connectivity index (χ0v) is 22.1. The molecule has 0 N–H and O–H groups in total. The molecule has 0 aliphatic carbocycles. The Labute approximate surface area is 228 Å². The van der Waals surface area contributed by atoms with Crippen LogP contribution in [0.15, 0.2) is 138 Å². The van der Waals surface area contributed by atoms with Gasteiger partial charge in [0.15, 0.2) is 0 Å². The van der Waals surface area contributed by atoms with Gasteiger partial charge in [-0.25, -0.2) is 0 Å². The second-order valence-corrected chi connectivity index (χ2v) is 10.8. The quantitative estimate of drug-likeness (QED) is 0.189. The van der Waals surface area contributed by atoms with Crippen molar-refractivity contribution >= 4 is 70.1 Å². The first-order valence-electron chi connectivity index (χ1n) is 12.9. The highest BCUT2D eigenvalue weighted by molar-refractivity contribution is 9.10. The van der Waals surface area contributed by atoms with Crippen molar-refractivity contribution in [2.75, 3.05) is 0 Å². The monoisotopic (exact) mass is 547 g/mol. The molecule has 1 nitrogen and oxygen atoms in total. The molecule has 8 rings (SSSR count). The van der Waals surface area contributed by atoms with Crippen molar-refractivity contribution in [1.82, 2.24) is 4.57 Å². The smallest absolute Gasteiger partial charge is 0.0619 e. The fourth-order valence-corrected chi connectivity index (χ4v) is 6.54. The van der Waals surface area contributed by atoms with Crippen LogP contribution in [0.4, 0.5) is 0 Å². The summed E-state index contributed by atoms with van der Waals surface area (Å²) in [6.07, 6.45) is 0. The van der Waals surface area contributed by atoms with Crippen molar-refractivity contribution in [3.8, 4) is 16.8 Å². The molecule has 0 aliphatic rings. The maximum Gasteiger partial charge on any atom is 0.0619 e. The van der Waals surface area contributed by atoms with E-state index >= 15 is 0 Å². The minimum Gasteiger partial charge on any atom is -0.308 e. The maximum atomic E-state index is 3.74. The summed E-state index contributed by atoms with van der Waals surface area (Å²) in [5, 5.41) is 10.0. The van der Waals surface area contributed by atoms with E-state index in [0.717, 1.165) is 4.47 Å². The Balaban J connectivity index is 1.63. The van der Waals surface area contributed by atoms with Crippen molar-refractivity contribution in [2.45, 2.75) is 0 Å². The van der Waals surface area contributed by atoms with E-state index in [0.29, 0.717) is 0 Å². The molecule has 1 aromatic heterocycles. The van der Waals surface area contributed by atoms with Gasteiger partial charge in [0.2, 0.25) is 0 Å². The van der Waals surface area contributed by atoms with E-state index in [1.54, 1.807) is 0 Å². The standard InChI is InChI=1S/C36H22BrN/c37-26-18-19-33-32(22-26)31-20-24-12-4-5-13-25(24)21-34(31)38(33)36-29-16-8-6-14-27(29)35(23-10-2-1-3-11-23)28-15-7-9-17-30(28)36/h1-22H. The molecule has 8 aromatic rings. The SMILES string of the molecule is Brc1ccc2c(c1)c1cc3ccccc3cc1n2-c1c2ccccc2c(-c2ccccc2)c2ccccc12. The predicted octanol–water partition coefficient (Wildman–Crippen LogP) is 10.7. The van der Waals surface area contributed by atoms with Crippen LogP contribution < -0.4 is 0 Å². The van der Waals surface area contributed by atoms with E-state index in [4.69, 9.17) is 0 Å². The Morgan fingerprint density at radius 3 is 1.66 bits per heavy atom. The second kappa shape index (κ2) is 8.31. The molecule has 38 heavy (non-hydrogen) atoms. The topological polar surface area (TPSA) is 4.93 Å². The van der Waals surface area contributed by atoms with Crippen molar-refractivity contribution < 1.29 is 0 Å². The van der Waals surface area contributed by atoms with E-state index < -0.39 is 0 Å². The maximum absolute atomic E-state index is 3.74. The van der Waals surface area contributed by atoms with Crippen LogP contribution in [0.2, 0.25) is 0 Å². The normalized spacial score (nSPS) is 11.8. The third-order valence-corrected chi connectivity index (χ3v) is 8.28. The highest BCUT2D eigenvalue weighted by Crippen LogP contribution is 2.44. The molecule has 1 heterocycles. The van der Waals surface area contributed by atoms with Crippen LogP contribution in [0.5, 0.6) is 0 Å². The Morgan fingerprint density at radius 1 is 0.421 bits per heavy atom. The molecule has 0 unspecified atom stereocenters. The predicted molar refractivity (Wildman–Crippen MR) is 166 cm³/mol. The van der Waals surface area contributed by atoms with Crippen LogP contribution in [-0.4, -0.2) is 4.57 Å². The van der Waals surface area contributed by atoms with Crippen molar-refractivity contribution in [1.29, 1.82) is 0 Å². The van der Waals surface area contributed by atoms with Gasteiger partial charge in [0.1, 0.15) is 0 Å². The third-order valence-electron chi connectivity index (χ3n) is 7.78. The zero-order chi connectivity index (χ0) is 25.2. The van der Waals surface area contributed by atoms with Gasteiger partial charge in [0.25, 0.3) is 0 Å². The molecule has 0 fully saturated rings. The molecule has 2 heteroatoms. The summed E-state index contributed by atoms with van der Waals surface area (Å²) in [4.78, 5) is 0. The summed E-state index contributed by atoms with van der Waals surface area (Å²) in [5.41, 5.74) is 6.19. The van der Waals surface area contributed by atoms with E-state index in [1.807, 2.05) is 0 Å². The number of fused-ring (bicyclic) bond motifs is 6. The minimum atomic E-state index is 1.09. The van der Waals surface area contributed by atoms with Gasteiger partial charge in [-0.15, -0.1) is 0 Å². The summed E-state index contributed by atoms with van der Waals surface area (Å²) in [7, 11) is 0. The molecular formula is C36H22BrN. The second-order valence-electron chi connectivity index (χ2n) is 9.89. The molecule has 0 radical (unpaired) electrons. The number of benzene rings is 7. The number of rotatable bonds is 2. The molecule has 0 bridgehead atoms. The summed E-state index contributed by atoms with van der Waals surface area (Å²) < 4.78 is 3.58. The van der Waals surface area contributed by atoms with E-state index in [9.17, 15) is 0 Å². The zero-order valence-electron chi connectivity index (χ0n) is 20.5. The lowest BCUT2D eigenvalue weighted by Gasteiger charge is -2.19. The first-order valence-corrected chi connectivity index (χ1v) is 13.7. The van der Waals surface area contributed by atoms with E-state index in [2.05, 4.69) is 154 Å². The van der Waals surface area contributed by atoms with Crippen molar-refractivity contribution in [2.24, 2.45) is 0 Å². The minimum absolute atomic E-state index is 1.09. The van der Waals surface area contributed by atoms with E-state index in [-0.39, 0.29) is 0 Å². The fourth-order valence-electron chi connectivity index (χ4n) is 6.18. The van der Waals surface area contributed by atoms with Crippen molar-refractivity contribution in [3.63, 3.8) is 0 Å². The van der Waals surface area contributed by atoms with Gasteiger partial charge in [-0.3, -0.25) is 0 Å². The fraction of sp³-hybridized carbons (Fsp3) is 0. The van der Waals surface area contributed by atoms with Gasteiger partial charge >= 0.3 is 0 Å². The van der Waals surface area contributed by atoms with Gasteiger partial charge < -0.3 is 4.57 Å². The van der Waals surface area contributed by atoms with Gasteiger partial charge in [-0.1, -0.05) is 119 Å². The lowest BCUT2D eigenvalue weighted by molar-refractivity contribution is 1.22.